The number of amides is 1. The van der Waals surface area contributed by atoms with Gasteiger partial charge in [-0.25, -0.2) is 9.97 Å². The molecular formula is C15H10N4OS. The standard InChI is InChI=1S/C15H10N4OS/c20-15(9-1-3-11-12(5-9)17-7-16-11)19-10-2-4-14-13(6-10)18-8-21-14/h1-8H,(H,16,17)(H,19,20). The Bertz CT molecular complexity index is 956. The second-order valence-corrected chi connectivity index (χ2v) is 5.51. The quantitative estimate of drug-likeness (QED) is 0.595. The molecular weight excluding hydrogens is 284 g/mol. The highest BCUT2D eigenvalue weighted by Gasteiger charge is 2.08. The summed E-state index contributed by atoms with van der Waals surface area (Å²) >= 11 is 1.58. The minimum Gasteiger partial charge on any atom is -0.345 e. The topological polar surface area (TPSA) is 70.7 Å². The Morgan fingerprint density at radius 2 is 2.05 bits per heavy atom. The van der Waals surface area contributed by atoms with Crippen molar-refractivity contribution >= 4 is 44.2 Å². The van der Waals surface area contributed by atoms with Crippen LogP contribution >= 0.6 is 11.3 Å². The first kappa shape index (κ1) is 12.0. The molecule has 0 aliphatic carbocycles. The predicted molar refractivity (Wildman–Crippen MR) is 83.7 cm³/mol. The minimum atomic E-state index is -0.158. The van der Waals surface area contributed by atoms with Crippen molar-refractivity contribution < 1.29 is 4.79 Å². The summed E-state index contributed by atoms with van der Waals surface area (Å²) in [5, 5.41) is 2.88. The summed E-state index contributed by atoms with van der Waals surface area (Å²) in [7, 11) is 0. The number of thiazole rings is 1. The number of hydrogen-bond donors (Lipinski definition) is 2. The van der Waals surface area contributed by atoms with Crippen LogP contribution in [0.15, 0.2) is 48.2 Å². The average Bonchev–Trinajstić information content (AvgIpc) is 3.14. The van der Waals surface area contributed by atoms with E-state index in [1.807, 2.05) is 24.3 Å². The van der Waals surface area contributed by atoms with Crippen LogP contribution < -0.4 is 5.32 Å². The zero-order valence-electron chi connectivity index (χ0n) is 10.8. The molecule has 2 aromatic heterocycles. The van der Waals surface area contributed by atoms with Crippen molar-refractivity contribution in [3.8, 4) is 0 Å². The van der Waals surface area contributed by atoms with Gasteiger partial charge in [0.2, 0.25) is 0 Å². The van der Waals surface area contributed by atoms with E-state index >= 15 is 0 Å². The lowest BCUT2D eigenvalue weighted by molar-refractivity contribution is 0.102. The number of anilines is 1. The van der Waals surface area contributed by atoms with Crippen molar-refractivity contribution in [3.63, 3.8) is 0 Å². The number of rotatable bonds is 2. The maximum Gasteiger partial charge on any atom is 0.255 e. The van der Waals surface area contributed by atoms with Crippen LogP contribution in [0.1, 0.15) is 10.4 Å². The Morgan fingerprint density at radius 1 is 1.10 bits per heavy atom. The summed E-state index contributed by atoms with van der Waals surface area (Å²) in [6.07, 6.45) is 1.61. The highest BCUT2D eigenvalue weighted by molar-refractivity contribution is 7.16. The van der Waals surface area contributed by atoms with Crippen molar-refractivity contribution in [2.45, 2.75) is 0 Å². The number of benzene rings is 2. The largest absolute Gasteiger partial charge is 0.345 e. The summed E-state index contributed by atoms with van der Waals surface area (Å²) in [5.74, 6) is -0.158. The molecule has 0 unspecified atom stereocenters. The Kier molecular flexibility index (Phi) is 2.68. The van der Waals surface area contributed by atoms with Crippen LogP contribution in [0.3, 0.4) is 0 Å². The van der Waals surface area contributed by atoms with E-state index in [1.165, 1.54) is 0 Å². The zero-order chi connectivity index (χ0) is 14.2. The van der Waals surface area contributed by atoms with Gasteiger partial charge in [0, 0.05) is 11.3 Å². The third-order valence-corrected chi connectivity index (χ3v) is 4.08. The van der Waals surface area contributed by atoms with Gasteiger partial charge >= 0.3 is 0 Å². The maximum absolute atomic E-state index is 12.3. The third-order valence-electron chi connectivity index (χ3n) is 3.27. The molecule has 0 spiro atoms. The van der Waals surface area contributed by atoms with Gasteiger partial charge in [-0.1, -0.05) is 0 Å². The average molecular weight is 294 g/mol. The molecule has 4 rings (SSSR count). The fourth-order valence-corrected chi connectivity index (χ4v) is 2.87. The highest BCUT2D eigenvalue weighted by atomic mass is 32.1. The van der Waals surface area contributed by atoms with Gasteiger partial charge in [-0.3, -0.25) is 4.79 Å². The summed E-state index contributed by atoms with van der Waals surface area (Å²) in [4.78, 5) is 23.7. The summed E-state index contributed by atoms with van der Waals surface area (Å²) in [6.45, 7) is 0. The second-order valence-electron chi connectivity index (χ2n) is 4.62. The van der Waals surface area contributed by atoms with E-state index in [0.717, 1.165) is 26.9 Å². The van der Waals surface area contributed by atoms with Crippen molar-refractivity contribution in [1.82, 2.24) is 15.0 Å². The smallest absolute Gasteiger partial charge is 0.255 e. The number of fused-ring (bicyclic) bond motifs is 2. The number of nitrogens with zero attached hydrogens (tertiary/aromatic N) is 2. The number of carbonyl (C=O) groups excluding carboxylic acids is 1. The number of carbonyl (C=O) groups is 1. The van der Waals surface area contributed by atoms with Crippen molar-refractivity contribution in [1.29, 1.82) is 0 Å². The van der Waals surface area contributed by atoms with Crippen LogP contribution in [0.2, 0.25) is 0 Å². The Hall–Kier alpha value is -2.73. The molecule has 0 radical (unpaired) electrons. The van der Waals surface area contributed by atoms with Crippen LogP contribution in [0.5, 0.6) is 0 Å². The molecule has 5 nitrogen and oxygen atoms in total. The van der Waals surface area contributed by atoms with Crippen LogP contribution in [0.25, 0.3) is 21.3 Å². The maximum atomic E-state index is 12.3. The van der Waals surface area contributed by atoms with Gasteiger partial charge in [-0.05, 0) is 36.4 Å². The Morgan fingerprint density at radius 3 is 3.00 bits per heavy atom. The van der Waals surface area contributed by atoms with E-state index in [2.05, 4.69) is 20.3 Å². The van der Waals surface area contributed by atoms with Gasteiger partial charge in [0.15, 0.2) is 0 Å². The summed E-state index contributed by atoms with van der Waals surface area (Å²) < 4.78 is 1.10. The fourth-order valence-electron chi connectivity index (χ4n) is 2.21. The molecule has 21 heavy (non-hydrogen) atoms. The molecule has 2 N–H and O–H groups in total. The van der Waals surface area contributed by atoms with E-state index < -0.39 is 0 Å². The van der Waals surface area contributed by atoms with E-state index in [0.29, 0.717) is 5.56 Å². The van der Waals surface area contributed by atoms with E-state index in [-0.39, 0.29) is 5.91 Å². The summed E-state index contributed by atoms with van der Waals surface area (Å²) in [6, 6.07) is 11.1. The van der Waals surface area contributed by atoms with E-state index in [1.54, 1.807) is 35.3 Å². The van der Waals surface area contributed by atoms with Crippen molar-refractivity contribution in [2.24, 2.45) is 0 Å². The molecule has 6 heteroatoms. The lowest BCUT2D eigenvalue weighted by atomic mass is 10.2. The molecule has 0 fully saturated rings. The van der Waals surface area contributed by atoms with Crippen LogP contribution in [-0.2, 0) is 0 Å². The number of hydrogen-bond acceptors (Lipinski definition) is 4. The number of imidazole rings is 1. The van der Waals surface area contributed by atoms with Crippen molar-refractivity contribution in [3.05, 3.63) is 53.8 Å². The first-order valence-electron chi connectivity index (χ1n) is 6.37. The SMILES string of the molecule is O=C(Nc1ccc2scnc2c1)c1ccc2[nH]cnc2c1. The van der Waals surface area contributed by atoms with Crippen LogP contribution in [-0.4, -0.2) is 20.9 Å². The van der Waals surface area contributed by atoms with Gasteiger partial charge in [-0.2, -0.15) is 0 Å². The minimum absolute atomic E-state index is 0.158. The zero-order valence-corrected chi connectivity index (χ0v) is 11.6. The lowest BCUT2D eigenvalue weighted by Crippen LogP contribution is -2.11. The number of H-pyrrole nitrogens is 1. The second kappa shape index (κ2) is 4.68. The molecule has 0 saturated heterocycles. The lowest BCUT2D eigenvalue weighted by Gasteiger charge is -2.05. The van der Waals surface area contributed by atoms with Crippen molar-refractivity contribution in [2.75, 3.05) is 5.32 Å². The third kappa shape index (κ3) is 2.15. The fraction of sp³-hybridized carbons (Fsp3) is 0. The summed E-state index contributed by atoms with van der Waals surface area (Å²) in [5.41, 5.74) is 5.68. The highest BCUT2D eigenvalue weighted by Crippen LogP contribution is 2.22. The van der Waals surface area contributed by atoms with Gasteiger partial charge in [0.05, 0.1) is 33.1 Å². The first-order chi connectivity index (χ1) is 10.3. The van der Waals surface area contributed by atoms with Gasteiger partial charge < -0.3 is 10.3 Å². The monoisotopic (exact) mass is 294 g/mol. The predicted octanol–water partition coefficient (Wildman–Crippen LogP) is 3.42. The molecule has 0 saturated carbocycles. The normalized spacial score (nSPS) is 11.0. The van der Waals surface area contributed by atoms with E-state index in [9.17, 15) is 4.79 Å². The van der Waals surface area contributed by atoms with Crippen LogP contribution in [0, 0.1) is 0 Å². The molecule has 0 aliphatic heterocycles. The molecule has 2 aromatic carbocycles. The first-order valence-corrected chi connectivity index (χ1v) is 7.25. The van der Waals surface area contributed by atoms with Gasteiger partial charge in [-0.15, -0.1) is 11.3 Å². The molecule has 0 atom stereocenters. The molecule has 2 heterocycles. The molecule has 1 amide bonds. The molecule has 0 bridgehead atoms. The van der Waals surface area contributed by atoms with Gasteiger partial charge in [0.25, 0.3) is 5.91 Å². The molecule has 4 aromatic rings. The number of aromatic nitrogens is 3. The molecule has 102 valence electrons. The van der Waals surface area contributed by atoms with E-state index in [4.69, 9.17) is 0 Å². The Balaban J connectivity index is 1.64. The number of aromatic amines is 1. The Labute approximate surface area is 123 Å². The molecule has 0 aliphatic rings. The number of nitrogens with one attached hydrogen (secondary N) is 2. The van der Waals surface area contributed by atoms with Crippen LogP contribution in [0.4, 0.5) is 5.69 Å². The van der Waals surface area contributed by atoms with Gasteiger partial charge in [0.1, 0.15) is 0 Å².